The van der Waals surface area contributed by atoms with Crippen LogP contribution < -0.4 is 10.6 Å². The van der Waals surface area contributed by atoms with E-state index in [0.717, 1.165) is 10.2 Å². The second-order valence-electron chi connectivity index (χ2n) is 3.90. The van der Waals surface area contributed by atoms with E-state index in [0.29, 0.717) is 28.9 Å². The third kappa shape index (κ3) is 4.40. The lowest BCUT2D eigenvalue weighted by Crippen LogP contribution is -2.30. The summed E-state index contributed by atoms with van der Waals surface area (Å²) >= 11 is 14.6. The number of nitrogens with zero attached hydrogens (tertiary/aromatic N) is 2. The lowest BCUT2D eigenvalue weighted by molar-refractivity contribution is 0.847. The van der Waals surface area contributed by atoms with Gasteiger partial charge in [-0.2, -0.15) is 0 Å². The zero-order valence-electron chi connectivity index (χ0n) is 10.4. The minimum Gasteiger partial charge on any atom is -0.362 e. The lowest BCUT2D eigenvalue weighted by atomic mass is 10.3. The largest absolute Gasteiger partial charge is 0.362 e. The minimum absolute atomic E-state index is 0.511. The van der Waals surface area contributed by atoms with Crippen LogP contribution in [0, 0.1) is 0 Å². The predicted octanol–water partition coefficient (Wildman–Crippen LogP) is 3.42. The molecule has 0 aliphatic heterocycles. The molecule has 2 aromatic heterocycles. The first kappa shape index (κ1) is 15.2. The molecule has 0 aliphatic rings. The average Bonchev–Trinajstić information content (AvgIpc) is 2.43. The molecule has 0 saturated carbocycles. The van der Waals surface area contributed by atoms with Crippen LogP contribution in [-0.4, -0.2) is 21.6 Å². The van der Waals surface area contributed by atoms with Gasteiger partial charge in [0.05, 0.1) is 15.2 Å². The molecule has 4 nitrogen and oxygen atoms in total. The molecule has 104 valence electrons. The predicted molar refractivity (Wildman–Crippen MR) is 89.1 cm³/mol. The van der Waals surface area contributed by atoms with Crippen molar-refractivity contribution in [1.29, 1.82) is 0 Å². The summed E-state index contributed by atoms with van der Waals surface area (Å²) < 4.78 is 0.858. The fourth-order valence-electron chi connectivity index (χ4n) is 1.53. The van der Waals surface area contributed by atoms with Crippen molar-refractivity contribution in [1.82, 2.24) is 15.3 Å². The summed E-state index contributed by atoms with van der Waals surface area (Å²) in [5, 5.41) is 7.29. The lowest BCUT2D eigenvalue weighted by Gasteiger charge is -2.10. The number of pyridine rings is 2. The molecule has 0 unspecified atom stereocenters. The maximum Gasteiger partial charge on any atom is 0.171 e. The average molecular weight is 372 g/mol. The maximum absolute atomic E-state index is 6.04. The second kappa shape index (κ2) is 7.52. The van der Waals surface area contributed by atoms with Gasteiger partial charge in [-0.25, -0.2) is 4.98 Å². The van der Waals surface area contributed by atoms with Crippen LogP contribution in [0.5, 0.6) is 0 Å². The highest BCUT2D eigenvalue weighted by Gasteiger charge is 2.04. The first-order valence-electron chi connectivity index (χ1n) is 5.91. The summed E-state index contributed by atoms with van der Waals surface area (Å²) in [6, 6.07) is 7.37. The highest BCUT2D eigenvalue weighted by Crippen LogP contribution is 2.18. The Morgan fingerprint density at radius 2 is 2.00 bits per heavy atom. The molecule has 0 aliphatic carbocycles. The normalized spacial score (nSPS) is 10.1. The summed E-state index contributed by atoms with van der Waals surface area (Å²) in [6.45, 7) is 0.646. The van der Waals surface area contributed by atoms with Crippen molar-refractivity contribution < 1.29 is 0 Å². The molecule has 0 fully saturated rings. The SMILES string of the molecule is S=C(NCCc1ncccc1Cl)Nc1ncccc1Br. The number of thiocarbonyl (C=S) groups is 1. The fourth-order valence-corrected chi connectivity index (χ4v) is 2.30. The van der Waals surface area contributed by atoms with Gasteiger partial charge in [0.2, 0.25) is 0 Å². The third-order valence-electron chi connectivity index (χ3n) is 2.47. The molecule has 0 radical (unpaired) electrons. The number of hydrogen-bond acceptors (Lipinski definition) is 3. The van der Waals surface area contributed by atoms with Crippen molar-refractivity contribution in [3.8, 4) is 0 Å². The molecule has 20 heavy (non-hydrogen) atoms. The third-order valence-corrected chi connectivity index (χ3v) is 3.70. The molecule has 7 heteroatoms. The van der Waals surface area contributed by atoms with Crippen molar-refractivity contribution in [2.24, 2.45) is 0 Å². The molecular formula is C13H12BrClN4S. The van der Waals surface area contributed by atoms with Crippen molar-refractivity contribution in [3.63, 3.8) is 0 Å². The highest BCUT2D eigenvalue weighted by atomic mass is 79.9. The molecular weight excluding hydrogens is 360 g/mol. The number of hydrogen-bond donors (Lipinski definition) is 2. The molecule has 0 spiro atoms. The van der Waals surface area contributed by atoms with E-state index in [1.54, 1.807) is 12.4 Å². The van der Waals surface area contributed by atoms with Crippen LogP contribution >= 0.6 is 39.7 Å². The Labute approximate surface area is 136 Å². The smallest absolute Gasteiger partial charge is 0.171 e. The number of aromatic nitrogens is 2. The van der Waals surface area contributed by atoms with E-state index in [-0.39, 0.29) is 0 Å². The van der Waals surface area contributed by atoms with Gasteiger partial charge in [-0.3, -0.25) is 4.98 Å². The van der Waals surface area contributed by atoms with Crippen molar-refractivity contribution in [2.45, 2.75) is 6.42 Å². The van der Waals surface area contributed by atoms with Gasteiger partial charge in [-0.15, -0.1) is 0 Å². The quantitative estimate of drug-likeness (QED) is 0.807. The Hall–Kier alpha value is -1.24. The van der Waals surface area contributed by atoms with Crippen LogP contribution in [0.15, 0.2) is 41.1 Å². The van der Waals surface area contributed by atoms with E-state index in [2.05, 4.69) is 36.5 Å². The van der Waals surface area contributed by atoms with E-state index >= 15 is 0 Å². The van der Waals surface area contributed by atoms with Gasteiger partial charge < -0.3 is 10.6 Å². The van der Waals surface area contributed by atoms with E-state index in [9.17, 15) is 0 Å². The van der Waals surface area contributed by atoms with Crippen LogP contribution in [0.25, 0.3) is 0 Å². The number of rotatable bonds is 4. The monoisotopic (exact) mass is 370 g/mol. The molecule has 2 rings (SSSR count). The zero-order chi connectivity index (χ0) is 14.4. The Morgan fingerprint density at radius 3 is 2.75 bits per heavy atom. The van der Waals surface area contributed by atoms with Crippen LogP contribution in [-0.2, 0) is 6.42 Å². The van der Waals surface area contributed by atoms with Gasteiger partial charge in [0.15, 0.2) is 5.11 Å². The van der Waals surface area contributed by atoms with Gasteiger partial charge in [0.25, 0.3) is 0 Å². The van der Waals surface area contributed by atoms with Crippen LogP contribution in [0.2, 0.25) is 5.02 Å². The van der Waals surface area contributed by atoms with Gasteiger partial charge in [-0.05, 0) is 52.4 Å². The first-order chi connectivity index (χ1) is 9.66. The summed E-state index contributed by atoms with van der Waals surface area (Å²) in [4.78, 5) is 8.40. The number of halogens is 2. The molecule has 0 saturated heterocycles. The van der Waals surface area contributed by atoms with Crippen molar-refractivity contribution >= 4 is 50.7 Å². The van der Waals surface area contributed by atoms with Crippen molar-refractivity contribution in [3.05, 3.63) is 51.8 Å². The standard InChI is InChI=1S/C13H12BrClN4S/c14-9-3-1-7-17-12(9)19-13(20)18-8-5-11-10(15)4-2-6-16-11/h1-4,6-7H,5,8H2,(H2,17,18,19,20). The van der Waals surface area contributed by atoms with Gasteiger partial charge >= 0.3 is 0 Å². The van der Waals surface area contributed by atoms with Crippen LogP contribution in [0.3, 0.4) is 0 Å². The van der Waals surface area contributed by atoms with E-state index in [4.69, 9.17) is 23.8 Å². The zero-order valence-corrected chi connectivity index (χ0v) is 13.6. The second-order valence-corrected chi connectivity index (χ2v) is 5.57. The Bertz CT molecular complexity index is 608. The van der Waals surface area contributed by atoms with E-state index in [1.165, 1.54) is 0 Å². The summed E-state index contributed by atoms with van der Waals surface area (Å²) in [7, 11) is 0. The fraction of sp³-hybridized carbons (Fsp3) is 0.154. The van der Waals surface area contributed by atoms with Crippen molar-refractivity contribution in [2.75, 3.05) is 11.9 Å². The van der Waals surface area contributed by atoms with E-state index < -0.39 is 0 Å². The summed E-state index contributed by atoms with van der Waals surface area (Å²) in [5.41, 5.74) is 0.850. The molecule has 2 aromatic rings. The van der Waals surface area contributed by atoms with E-state index in [1.807, 2.05) is 24.3 Å². The van der Waals surface area contributed by atoms with Crippen LogP contribution in [0.1, 0.15) is 5.69 Å². The van der Waals surface area contributed by atoms with Gasteiger partial charge in [-0.1, -0.05) is 11.6 Å². The maximum atomic E-state index is 6.04. The summed E-state index contributed by atoms with van der Waals surface area (Å²) in [6.07, 6.45) is 4.12. The minimum atomic E-state index is 0.511. The highest BCUT2D eigenvalue weighted by molar-refractivity contribution is 9.10. The molecule has 0 atom stereocenters. The molecule has 0 aromatic carbocycles. The number of anilines is 1. The first-order valence-corrected chi connectivity index (χ1v) is 7.49. The summed E-state index contributed by atoms with van der Waals surface area (Å²) in [5.74, 6) is 0.681. The van der Waals surface area contributed by atoms with Gasteiger partial charge in [0, 0.05) is 25.4 Å². The number of nitrogens with one attached hydrogen (secondary N) is 2. The molecule has 0 amide bonds. The molecule has 2 heterocycles. The molecule has 0 bridgehead atoms. The van der Waals surface area contributed by atoms with Gasteiger partial charge in [0.1, 0.15) is 5.82 Å². The Kier molecular flexibility index (Phi) is 5.70. The Balaban J connectivity index is 1.82. The Morgan fingerprint density at radius 1 is 1.25 bits per heavy atom. The van der Waals surface area contributed by atoms with Crippen LogP contribution in [0.4, 0.5) is 5.82 Å². The topological polar surface area (TPSA) is 49.8 Å². The molecule has 2 N–H and O–H groups in total.